The van der Waals surface area contributed by atoms with Crippen molar-refractivity contribution < 1.29 is 24.2 Å². The number of anilines is 1. The maximum absolute atomic E-state index is 12.5. The Morgan fingerprint density at radius 3 is 2.21 bits per heavy atom. The molecule has 0 saturated heterocycles. The summed E-state index contributed by atoms with van der Waals surface area (Å²) in [6.07, 6.45) is 0. The van der Waals surface area contributed by atoms with Crippen LogP contribution in [0.4, 0.5) is 5.00 Å². The van der Waals surface area contributed by atoms with E-state index in [9.17, 15) is 19.5 Å². The maximum Gasteiger partial charge on any atom is 0.349 e. The summed E-state index contributed by atoms with van der Waals surface area (Å²) in [7, 11) is 0. The quantitative estimate of drug-likeness (QED) is 0.605. The number of aromatic carboxylic acids is 1. The lowest BCUT2D eigenvalue weighted by Gasteiger charge is -2.04. The number of thiophene rings is 1. The third kappa shape index (κ3) is 4.27. The molecule has 0 spiro atoms. The highest BCUT2D eigenvalue weighted by Crippen LogP contribution is 2.34. The third-order valence-electron chi connectivity index (χ3n) is 4.02. The lowest BCUT2D eigenvalue weighted by atomic mass is 10.1. The van der Waals surface area contributed by atoms with E-state index in [4.69, 9.17) is 4.74 Å². The number of carboxylic acids is 1. The van der Waals surface area contributed by atoms with Gasteiger partial charge in [-0.2, -0.15) is 0 Å². The van der Waals surface area contributed by atoms with Crippen LogP contribution in [0, 0.1) is 6.92 Å². The van der Waals surface area contributed by atoms with E-state index in [1.807, 2.05) is 30.3 Å². The van der Waals surface area contributed by atoms with E-state index >= 15 is 0 Å². The van der Waals surface area contributed by atoms with Gasteiger partial charge >= 0.3 is 11.9 Å². The normalized spacial score (nSPS) is 10.3. The van der Waals surface area contributed by atoms with Gasteiger partial charge in [-0.05, 0) is 30.2 Å². The fourth-order valence-electron chi connectivity index (χ4n) is 2.61. The minimum atomic E-state index is -1.22. The van der Waals surface area contributed by atoms with Gasteiger partial charge in [-0.3, -0.25) is 4.79 Å². The Kier molecular flexibility index (Phi) is 5.86. The first-order valence-electron chi connectivity index (χ1n) is 8.41. The Labute approximate surface area is 165 Å². The SMILES string of the molecule is Cc1c(C(=O)OCc2ccccc2)sc(NC(=O)c2ccccc2)c1C(=O)O. The number of hydrogen-bond acceptors (Lipinski definition) is 5. The number of esters is 1. The van der Waals surface area contributed by atoms with Gasteiger partial charge in [-0.15, -0.1) is 11.3 Å². The Balaban J connectivity index is 1.82. The van der Waals surface area contributed by atoms with Crippen molar-refractivity contribution in [3.05, 3.63) is 87.8 Å². The van der Waals surface area contributed by atoms with Crippen LogP contribution in [0.3, 0.4) is 0 Å². The molecular weight excluding hydrogens is 378 g/mol. The topological polar surface area (TPSA) is 92.7 Å². The first-order valence-corrected chi connectivity index (χ1v) is 9.23. The summed E-state index contributed by atoms with van der Waals surface area (Å²) < 4.78 is 5.30. The van der Waals surface area contributed by atoms with Crippen LogP contribution in [0.25, 0.3) is 0 Å². The van der Waals surface area contributed by atoms with Crippen molar-refractivity contribution in [2.24, 2.45) is 0 Å². The predicted octanol–water partition coefficient (Wildman–Crippen LogP) is 4.36. The van der Waals surface area contributed by atoms with Crippen molar-refractivity contribution in [1.29, 1.82) is 0 Å². The second kappa shape index (κ2) is 8.49. The summed E-state index contributed by atoms with van der Waals surface area (Å²) in [5, 5.41) is 12.2. The van der Waals surface area contributed by atoms with E-state index in [1.54, 1.807) is 30.3 Å². The Morgan fingerprint density at radius 2 is 1.61 bits per heavy atom. The number of rotatable bonds is 6. The molecule has 0 fully saturated rings. The molecule has 0 unspecified atom stereocenters. The number of amides is 1. The highest BCUT2D eigenvalue weighted by Gasteiger charge is 2.26. The standard InChI is InChI=1S/C21H17NO5S/c1-13-16(20(24)25)19(22-18(23)15-10-6-3-7-11-15)28-17(13)21(26)27-12-14-8-4-2-5-9-14/h2-11H,12H2,1H3,(H,22,23)(H,24,25). The monoisotopic (exact) mass is 395 g/mol. The Morgan fingerprint density at radius 1 is 1.00 bits per heavy atom. The largest absolute Gasteiger partial charge is 0.478 e. The van der Waals surface area contributed by atoms with Crippen molar-refractivity contribution >= 4 is 34.2 Å². The molecule has 142 valence electrons. The van der Waals surface area contributed by atoms with Gasteiger partial charge in [0.25, 0.3) is 5.91 Å². The van der Waals surface area contributed by atoms with Gasteiger partial charge in [0.1, 0.15) is 16.5 Å². The molecule has 0 bridgehead atoms. The van der Waals surface area contributed by atoms with Crippen LogP contribution in [0.5, 0.6) is 0 Å². The van der Waals surface area contributed by atoms with Crippen LogP contribution in [0.1, 0.15) is 41.5 Å². The molecule has 7 heteroatoms. The molecule has 28 heavy (non-hydrogen) atoms. The molecule has 0 atom stereocenters. The van der Waals surface area contributed by atoms with Crippen LogP contribution < -0.4 is 5.32 Å². The Bertz CT molecular complexity index is 1010. The maximum atomic E-state index is 12.5. The van der Waals surface area contributed by atoms with E-state index in [0.29, 0.717) is 5.56 Å². The zero-order valence-electron chi connectivity index (χ0n) is 15.0. The number of ether oxygens (including phenoxy) is 1. The van der Waals surface area contributed by atoms with Crippen molar-refractivity contribution in [2.45, 2.75) is 13.5 Å². The molecule has 0 aliphatic carbocycles. The predicted molar refractivity (Wildman–Crippen MR) is 106 cm³/mol. The smallest absolute Gasteiger partial charge is 0.349 e. The average molecular weight is 395 g/mol. The second-order valence-corrected chi connectivity index (χ2v) is 6.97. The van der Waals surface area contributed by atoms with Gasteiger partial charge in [0.2, 0.25) is 0 Å². The minimum Gasteiger partial charge on any atom is -0.478 e. The molecule has 0 radical (unpaired) electrons. The summed E-state index contributed by atoms with van der Waals surface area (Å²) in [5.74, 6) is -2.30. The highest BCUT2D eigenvalue weighted by atomic mass is 32.1. The van der Waals surface area contributed by atoms with Crippen molar-refractivity contribution in [1.82, 2.24) is 0 Å². The number of carbonyl (C=O) groups is 3. The molecule has 2 aromatic carbocycles. The number of hydrogen-bond donors (Lipinski definition) is 2. The van der Waals surface area contributed by atoms with Gasteiger partial charge in [-0.1, -0.05) is 48.5 Å². The third-order valence-corrected chi connectivity index (χ3v) is 5.21. The summed E-state index contributed by atoms with van der Waals surface area (Å²) in [5.41, 5.74) is 1.36. The first-order chi connectivity index (χ1) is 13.5. The van der Waals surface area contributed by atoms with Gasteiger partial charge in [0.05, 0.1) is 5.56 Å². The van der Waals surface area contributed by atoms with Gasteiger partial charge in [0, 0.05) is 5.56 Å². The molecule has 3 aromatic rings. The minimum absolute atomic E-state index is 0.0745. The van der Waals surface area contributed by atoms with E-state index in [0.717, 1.165) is 16.9 Å². The van der Waals surface area contributed by atoms with E-state index < -0.39 is 17.8 Å². The van der Waals surface area contributed by atoms with Crippen molar-refractivity contribution in [2.75, 3.05) is 5.32 Å². The summed E-state index contributed by atoms with van der Waals surface area (Å²) in [6, 6.07) is 17.6. The zero-order valence-corrected chi connectivity index (χ0v) is 15.8. The summed E-state index contributed by atoms with van der Waals surface area (Å²) >= 11 is 0.893. The molecule has 1 aromatic heterocycles. The van der Waals surface area contributed by atoms with Gasteiger partial charge in [0.15, 0.2) is 0 Å². The Hall–Kier alpha value is -3.45. The van der Waals surface area contributed by atoms with Crippen LogP contribution in [0.15, 0.2) is 60.7 Å². The van der Waals surface area contributed by atoms with Crippen LogP contribution in [-0.2, 0) is 11.3 Å². The van der Waals surface area contributed by atoms with Gasteiger partial charge < -0.3 is 15.2 Å². The van der Waals surface area contributed by atoms with E-state index in [2.05, 4.69) is 5.32 Å². The first kappa shape index (κ1) is 19.3. The molecule has 1 heterocycles. The lowest BCUT2D eigenvalue weighted by Crippen LogP contribution is -2.13. The summed E-state index contributed by atoms with van der Waals surface area (Å²) in [6.45, 7) is 1.60. The zero-order chi connectivity index (χ0) is 20.1. The number of benzene rings is 2. The molecule has 6 nitrogen and oxygen atoms in total. The molecule has 3 rings (SSSR count). The van der Waals surface area contributed by atoms with Gasteiger partial charge in [-0.25, -0.2) is 9.59 Å². The number of carbonyl (C=O) groups excluding carboxylic acids is 2. The molecule has 2 N–H and O–H groups in total. The fraction of sp³-hybridized carbons (Fsp3) is 0.0952. The molecular formula is C21H17NO5S. The van der Waals surface area contributed by atoms with Crippen LogP contribution in [-0.4, -0.2) is 23.0 Å². The van der Waals surface area contributed by atoms with Crippen LogP contribution in [0.2, 0.25) is 0 Å². The molecule has 0 aliphatic heterocycles. The highest BCUT2D eigenvalue weighted by molar-refractivity contribution is 7.18. The van der Waals surface area contributed by atoms with Crippen molar-refractivity contribution in [3.63, 3.8) is 0 Å². The molecule has 1 amide bonds. The molecule has 0 saturated carbocycles. The molecule has 0 aliphatic rings. The second-order valence-electron chi connectivity index (χ2n) is 5.95. The lowest BCUT2D eigenvalue weighted by molar-refractivity contribution is 0.0477. The number of carboxylic acid groups (broad SMARTS) is 1. The fourth-order valence-corrected chi connectivity index (χ4v) is 3.69. The van der Waals surface area contributed by atoms with E-state index in [1.165, 1.54) is 6.92 Å². The average Bonchev–Trinajstić information content (AvgIpc) is 3.03. The van der Waals surface area contributed by atoms with Crippen molar-refractivity contribution in [3.8, 4) is 0 Å². The summed E-state index contributed by atoms with van der Waals surface area (Å²) in [4.78, 5) is 36.7. The number of nitrogens with one attached hydrogen (secondary N) is 1. The van der Waals surface area contributed by atoms with Crippen LogP contribution >= 0.6 is 11.3 Å². The van der Waals surface area contributed by atoms with E-state index in [-0.39, 0.29) is 27.6 Å².